The summed E-state index contributed by atoms with van der Waals surface area (Å²) in [5.41, 5.74) is 0.902. The molecule has 7 nitrogen and oxygen atoms in total. The molecule has 3 rings (SSSR count). The maximum Gasteiger partial charge on any atom is 0.257 e. The fraction of sp³-hybridized carbons (Fsp3) is 0.105. The fourth-order valence-electron chi connectivity index (χ4n) is 2.31. The molecule has 0 aliphatic carbocycles. The second-order valence-electron chi connectivity index (χ2n) is 5.49. The number of hydrogen-bond donors (Lipinski definition) is 2. The Kier molecular flexibility index (Phi) is 5.46. The van der Waals surface area contributed by atoms with Gasteiger partial charge < -0.3 is 20.1 Å². The van der Waals surface area contributed by atoms with E-state index in [0.29, 0.717) is 28.6 Å². The Morgan fingerprint density at radius 1 is 0.926 bits per heavy atom. The summed E-state index contributed by atoms with van der Waals surface area (Å²) in [5.74, 6) is 0.951. The SMILES string of the molecule is COc1cc(OC)cc(C(=O)Nc2ccc(Nc3cccc(F)c3)nn2)c1. The van der Waals surface area contributed by atoms with Crippen molar-refractivity contribution in [2.24, 2.45) is 0 Å². The van der Waals surface area contributed by atoms with Crippen LogP contribution in [-0.2, 0) is 0 Å². The number of aromatic nitrogens is 2. The third-order valence-corrected chi connectivity index (χ3v) is 3.62. The average Bonchev–Trinajstić information content (AvgIpc) is 2.69. The largest absolute Gasteiger partial charge is 0.497 e. The van der Waals surface area contributed by atoms with Crippen LogP contribution in [0.15, 0.2) is 54.6 Å². The van der Waals surface area contributed by atoms with Crippen molar-refractivity contribution in [3.8, 4) is 11.5 Å². The molecule has 1 amide bonds. The quantitative estimate of drug-likeness (QED) is 0.691. The van der Waals surface area contributed by atoms with Gasteiger partial charge in [-0.3, -0.25) is 4.79 Å². The minimum Gasteiger partial charge on any atom is -0.497 e. The van der Waals surface area contributed by atoms with Crippen LogP contribution in [0.25, 0.3) is 0 Å². The summed E-state index contributed by atoms with van der Waals surface area (Å²) >= 11 is 0. The monoisotopic (exact) mass is 368 g/mol. The summed E-state index contributed by atoms with van der Waals surface area (Å²) in [5, 5.41) is 13.5. The molecule has 0 aliphatic heterocycles. The number of carbonyl (C=O) groups excluding carboxylic acids is 1. The van der Waals surface area contributed by atoms with E-state index in [-0.39, 0.29) is 17.5 Å². The van der Waals surface area contributed by atoms with Gasteiger partial charge >= 0.3 is 0 Å². The zero-order valence-corrected chi connectivity index (χ0v) is 14.7. The molecule has 0 aliphatic rings. The molecule has 0 saturated heterocycles. The molecule has 2 N–H and O–H groups in total. The summed E-state index contributed by atoms with van der Waals surface area (Å²) < 4.78 is 23.5. The highest BCUT2D eigenvalue weighted by molar-refractivity contribution is 6.04. The number of nitrogens with one attached hydrogen (secondary N) is 2. The summed E-state index contributed by atoms with van der Waals surface area (Å²) in [6.45, 7) is 0. The normalized spacial score (nSPS) is 10.2. The predicted molar refractivity (Wildman–Crippen MR) is 99.2 cm³/mol. The van der Waals surface area contributed by atoms with Crippen molar-refractivity contribution in [1.29, 1.82) is 0 Å². The topological polar surface area (TPSA) is 85.4 Å². The third kappa shape index (κ3) is 4.69. The van der Waals surface area contributed by atoms with Crippen molar-refractivity contribution in [3.05, 3.63) is 66.0 Å². The standard InChI is InChI=1S/C19H17FN4O3/c1-26-15-8-12(9-16(11-15)27-2)19(25)22-18-7-6-17(23-24-18)21-14-5-3-4-13(20)10-14/h3-11H,1-2H3,(H,21,23)(H,22,24,25). The first-order valence-corrected chi connectivity index (χ1v) is 7.98. The van der Waals surface area contributed by atoms with Crippen LogP contribution >= 0.6 is 0 Å². The molecule has 0 spiro atoms. The molecule has 138 valence electrons. The highest BCUT2D eigenvalue weighted by Gasteiger charge is 2.11. The van der Waals surface area contributed by atoms with Crippen LogP contribution in [0.1, 0.15) is 10.4 Å². The van der Waals surface area contributed by atoms with Crippen molar-refractivity contribution >= 4 is 23.2 Å². The van der Waals surface area contributed by atoms with Gasteiger partial charge in [0.1, 0.15) is 17.3 Å². The Morgan fingerprint density at radius 3 is 2.19 bits per heavy atom. The molecule has 0 radical (unpaired) electrons. The van der Waals surface area contributed by atoms with Crippen molar-refractivity contribution < 1.29 is 18.7 Å². The zero-order valence-electron chi connectivity index (χ0n) is 14.7. The Morgan fingerprint density at radius 2 is 1.59 bits per heavy atom. The van der Waals surface area contributed by atoms with Gasteiger partial charge in [0.2, 0.25) is 0 Å². The van der Waals surface area contributed by atoms with Crippen LogP contribution < -0.4 is 20.1 Å². The van der Waals surface area contributed by atoms with E-state index < -0.39 is 0 Å². The Bertz CT molecular complexity index is 926. The summed E-state index contributed by atoms with van der Waals surface area (Å²) in [6, 6.07) is 14.0. The van der Waals surface area contributed by atoms with Crippen molar-refractivity contribution in [2.75, 3.05) is 24.9 Å². The molecule has 3 aromatic rings. The van der Waals surface area contributed by atoms with E-state index in [2.05, 4.69) is 20.8 Å². The molecule has 1 heterocycles. The molecule has 0 atom stereocenters. The number of ether oxygens (including phenoxy) is 2. The average molecular weight is 368 g/mol. The van der Waals surface area contributed by atoms with E-state index in [1.165, 1.54) is 26.4 Å². The maximum absolute atomic E-state index is 13.2. The van der Waals surface area contributed by atoms with Gasteiger partial charge in [-0.05, 0) is 42.5 Å². The van der Waals surface area contributed by atoms with Gasteiger partial charge in [-0.15, -0.1) is 10.2 Å². The van der Waals surface area contributed by atoms with E-state index in [9.17, 15) is 9.18 Å². The van der Waals surface area contributed by atoms with E-state index >= 15 is 0 Å². The highest BCUT2D eigenvalue weighted by atomic mass is 19.1. The number of amides is 1. The van der Waals surface area contributed by atoms with Gasteiger partial charge in [0.15, 0.2) is 11.6 Å². The molecule has 0 fully saturated rings. The van der Waals surface area contributed by atoms with Crippen LogP contribution in [0.5, 0.6) is 11.5 Å². The van der Waals surface area contributed by atoms with Crippen molar-refractivity contribution in [3.63, 3.8) is 0 Å². The first kappa shape index (κ1) is 18.1. The lowest BCUT2D eigenvalue weighted by atomic mass is 10.2. The predicted octanol–water partition coefficient (Wildman–Crippen LogP) is 3.63. The minimum atomic E-state index is -0.382. The van der Waals surface area contributed by atoms with Gasteiger partial charge in [-0.1, -0.05) is 6.07 Å². The second kappa shape index (κ2) is 8.13. The lowest BCUT2D eigenvalue weighted by molar-refractivity contribution is 0.102. The van der Waals surface area contributed by atoms with E-state index in [1.54, 1.807) is 42.5 Å². The lowest BCUT2D eigenvalue weighted by Crippen LogP contribution is -2.14. The number of anilines is 3. The zero-order chi connectivity index (χ0) is 19.2. The van der Waals surface area contributed by atoms with Gasteiger partial charge in [0.25, 0.3) is 5.91 Å². The molecule has 27 heavy (non-hydrogen) atoms. The summed E-state index contributed by atoms with van der Waals surface area (Å²) in [6.07, 6.45) is 0. The highest BCUT2D eigenvalue weighted by Crippen LogP contribution is 2.23. The molecule has 0 unspecified atom stereocenters. The van der Waals surface area contributed by atoms with Crippen molar-refractivity contribution in [1.82, 2.24) is 10.2 Å². The molecule has 0 bridgehead atoms. The van der Waals surface area contributed by atoms with Crippen LogP contribution in [0, 0.1) is 5.82 Å². The summed E-state index contributed by atoms with van der Waals surface area (Å²) in [7, 11) is 3.01. The number of halogens is 1. The first-order valence-electron chi connectivity index (χ1n) is 7.98. The maximum atomic E-state index is 13.2. The molecule has 1 aromatic heterocycles. The van der Waals surface area contributed by atoms with Gasteiger partial charge in [-0.2, -0.15) is 0 Å². The fourth-order valence-corrected chi connectivity index (χ4v) is 2.31. The number of benzene rings is 2. The smallest absolute Gasteiger partial charge is 0.257 e. The van der Waals surface area contributed by atoms with E-state index in [0.717, 1.165) is 0 Å². The number of methoxy groups -OCH3 is 2. The van der Waals surface area contributed by atoms with Gasteiger partial charge in [-0.25, -0.2) is 4.39 Å². The first-order chi connectivity index (χ1) is 13.1. The molecule has 0 saturated carbocycles. The molecule has 2 aromatic carbocycles. The lowest BCUT2D eigenvalue weighted by Gasteiger charge is -2.09. The Hall–Kier alpha value is -3.68. The third-order valence-electron chi connectivity index (χ3n) is 3.62. The number of rotatable bonds is 6. The minimum absolute atomic E-state index is 0.270. The van der Waals surface area contributed by atoms with Crippen molar-refractivity contribution in [2.45, 2.75) is 0 Å². The number of nitrogens with zero attached hydrogens (tertiary/aromatic N) is 2. The van der Waals surface area contributed by atoms with Gasteiger partial charge in [0, 0.05) is 17.3 Å². The Labute approximate surface area is 155 Å². The number of hydrogen-bond acceptors (Lipinski definition) is 6. The molecule has 8 heteroatoms. The van der Waals surface area contributed by atoms with E-state index in [1.807, 2.05) is 0 Å². The molecular formula is C19H17FN4O3. The van der Waals surface area contributed by atoms with E-state index in [4.69, 9.17) is 9.47 Å². The number of carbonyl (C=O) groups is 1. The van der Waals surface area contributed by atoms with Crippen LogP contribution in [0.3, 0.4) is 0 Å². The van der Waals surface area contributed by atoms with Crippen LogP contribution in [0.2, 0.25) is 0 Å². The Balaban J connectivity index is 1.70. The van der Waals surface area contributed by atoms with Crippen LogP contribution in [0.4, 0.5) is 21.7 Å². The van der Waals surface area contributed by atoms with Crippen LogP contribution in [-0.4, -0.2) is 30.3 Å². The van der Waals surface area contributed by atoms with Gasteiger partial charge in [0.05, 0.1) is 14.2 Å². The second-order valence-corrected chi connectivity index (χ2v) is 5.49. The summed E-state index contributed by atoms with van der Waals surface area (Å²) in [4.78, 5) is 12.4. The molecular weight excluding hydrogens is 351 g/mol.